The zero-order valence-corrected chi connectivity index (χ0v) is 20.6. The van der Waals surface area contributed by atoms with Crippen molar-refractivity contribution in [2.45, 2.75) is 20.0 Å². The van der Waals surface area contributed by atoms with Gasteiger partial charge in [-0.05, 0) is 76.4 Å². The molecule has 0 aliphatic heterocycles. The number of hydrogen-bond donors (Lipinski definition) is 2. The van der Waals surface area contributed by atoms with Crippen LogP contribution in [0.2, 0.25) is 0 Å². The van der Waals surface area contributed by atoms with Gasteiger partial charge in [-0.15, -0.1) is 0 Å². The van der Waals surface area contributed by atoms with E-state index in [1.165, 1.54) is 5.56 Å². The van der Waals surface area contributed by atoms with Gasteiger partial charge in [-0.2, -0.15) is 5.10 Å². The first-order valence-corrected chi connectivity index (χ1v) is 11.5. The van der Waals surface area contributed by atoms with Crippen LogP contribution >= 0.6 is 15.9 Å². The number of ether oxygens (including phenoxy) is 2. The Balaban J connectivity index is 1.40. The summed E-state index contributed by atoms with van der Waals surface area (Å²) in [5, 5.41) is 6.68. The van der Waals surface area contributed by atoms with E-state index in [4.69, 9.17) is 9.47 Å². The van der Waals surface area contributed by atoms with E-state index >= 15 is 0 Å². The Morgan fingerprint density at radius 3 is 2.44 bits per heavy atom. The summed E-state index contributed by atoms with van der Waals surface area (Å²) in [7, 11) is 1.56. The Bertz CT molecular complexity index is 1150. The van der Waals surface area contributed by atoms with Crippen LogP contribution in [0.5, 0.6) is 11.5 Å². The Labute approximate surface area is 207 Å². The second-order valence-electron chi connectivity index (χ2n) is 7.49. The molecule has 0 spiro atoms. The van der Waals surface area contributed by atoms with Gasteiger partial charge in [-0.1, -0.05) is 29.8 Å². The van der Waals surface area contributed by atoms with Crippen molar-refractivity contribution in [1.82, 2.24) is 10.7 Å². The van der Waals surface area contributed by atoms with Gasteiger partial charge in [0.05, 0.1) is 17.8 Å². The lowest BCUT2D eigenvalue weighted by molar-refractivity contribution is -0.120. The highest BCUT2D eigenvalue weighted by atomic mass is 79.9. The summed E-state index contributed by atoms with van der Waals surface area (Å²) >= 11 is 3.51. The smallest absolute Gasteiger partial charge is 0.251 e. The van der Waals surface area contributed by atoms with Gasteiger partial charge >= 0.3 is 0 Å². The summed E-state index contributed by atoms with van der Waals surface area (Å²) in [6.45, 7) is 2.72. The van der Waals surface area contributed by atoms with Gasteiger partial charge in [0, 0.05) is 18.5 Å². The second-order valence-corrected chi connectivity index (χ2v) is 8.35. The average Bonchev–Trinajstić information content (AvgIpc) is 2.84. The van der Waals surface area contributed by atoms with E-state index in [0.717, 1.165) is 21.3 Å². The molecule has 3 rings (SSSR count). The molecule has 3 aromatic carbocycles. The predicted octanol–water partition coefficient (Wildman–Crippen LogP) is 4.62. The lowest BCUT2D eigenvalue weighted by atomic mass is 10.2. The number of methoxy groups -OCH3 is 1. The van der Waals surface area contributed by atoms with Crippen molar-refractivity contribution in [2.24, 2.45) is 5.10 Å². The largest absolute Gasteiger partial charge is 0.497 e. The van der Waals surface area contributed by atoms with Crippen LogP contribution in [-0.4, -0.2) is 31.7 Å². The van der Waals surface area contributed by atoms with Gasteiger partial charge in [0.15, 0.2) is 0 Å². The number of benzene rings is 3. The molecule has 0 aromatic heterocycles. The lowest BCUT2D eigenvalue weighted by Gasteiger charge is -2.09. The zero-order chi connectivity index (χ0) is 24.3. The van der Waals surface area contributed by atoms with Crippen molar-refractivity contribution in [1.29, 1.82) is 0 Å². The molecule has 2 N–H and O–H groups in total. The highest BCUT2D eigenvalue weighted by molar-refractivity contribution is 9.10. The maximum atomic E-state index is 12.1. The van der Waals surface area contributed by atoms with Crippen molar-refractivity contribution >= 4 is 34.0 Å². The molecule has 0 aliphatic rings. The summed E-state index contributed by atoms with van der Waals surface area (Å²) in [5.74, 6) is 0.830. The molecular formula is C26H26BrN3O4. The van der Waals surface area contributed by atoms with Gasteiger partial charge in [-0.3, -0.25) is 9.59 Å². The summed E-state index contributed by atoms with van der Waals surface area (Å²) < 4.78 is 11.7. The maximum Gasteiger partial charge on any atom is 0.251 e. The number of carbonyl (C=O) groups is 2. The molecule has 176 valence electrons. The van der Waals surface area contributed by atoms with Crippen LogP contribution in [0.1, 0.15) is 33.5 Å². The van der Waals surface area contributed by atoms with E-state index in [1.54, 1.807) is 37.6 Å². The van der Waals surface area contributed by atoms with Crippen molar-refractivity contribution in [3.8, 4) is 11.5 Å². The third kappa shape index (κ3) is 7.74. The van der Waals surface area contributed by atoms with Crippen LogP contribution in [-0.2, 0) is 11.4 Å². The normalized spacial score (nSPS) is 10.7. The summed E-state index contributed by atoms with van der Waals surface area (Å²) in [6.07, 6.45) is 1.65. The zero-order valence-electron chi connectivity index (χ0n) is 19.0. The molecule has 0 saturated heterocycles. The molecule has 2 amide bonds. The Kier molecular flexibility index (Phi) is 9.22. The highest BCUT2D eigenvalue weighted by Crippen LogP contribution is 2.26. The SMILES string of the molecule is COc1ccc(C(=O)NCCC(=O)NN=Cc2ccc(OCc3ccc(C)cc3)c(Br)c2)cc1. The third-order valence-corrected chi connectivity index (χ3v) is 5.48. The summed E-state index contributed by atoms with van der Waals surface area (Å²) in [4.78, 5) is 24.1. The van der Waals surface area contributed by atoms with Gasteiger partial charge in [0.25, 0.3) is 5.91 Å². The van der Waals surface area contributed by atoms with E-state index in [0.29, 0.717) is 17.9 Å². The molecule has 34 heavy (non-hydrogen) atoms. The van der Waals surface area contributed by atoms with Gasteiger partial charge in [-0.25, -0.2) is 5.43 Å². The quantitative estimate of drug-likeness (QED) is 0.300. The molecule has 0 fully saturated rings. The number of aryl methyl sites for hydroxylation is 1. The topological polar surface area (TPSA) is 89.0 Å². The highest BCUT2D eigenvalue weighted by Gasteiger charge is 2.07. The van der Waals surface area contributed by atoms with E-state index in [-0.39, 0.29) is 24.8 Å². The van der Waals surface area contributed by atoms with Crippen LogP contribution in [0.15, 0.2) is 76.3 Å². The minimum absolute atomic E-state index is 0.106. The van der Waals surface area contributed by atoms with Crippen molar-refractivity contribution in [2.75, 3.05) is 13.7 Å². The minimum atomic E-state index is -0.302. The van der Waals surface area contributed by atoms with Crippen LogP contribution in [0.25, 0.3) is 0 Å². The monoisotopic (exact) mass is 523 g/mol. The van der Waals surface area contributed by atoms with Gasteiger partial charge in [0.2, 0.25) is 5.91 Å². The molecule has 0 radical (unpaired) electrons. The Hall–Kier alpha value is -3.65. The fourth-order valence-electron chi connectivity index (χ4n) is 2.93. The van der Waals surface area contributed by atoms with Crippen LogP contribution < -0.4 is 20.2 Å². The molecule has 0 bridgehead atoms. The molecule has 0 saturated carbocycles. The van der Waals surface area contributed by atoms with Crippen LogP contribution in [0.4, 0.5) is 0 Å². The molecule has 0 heterocycles. The third-order valence-electron chi connectivity index (χ3n) is 4.86. The van der Waals surface area contributed by atoms with E-state index < -0.39 is 0 Å². The number of hydrazone groups is 1. The summed E-state index contributed by atoms with van der Waals surface area (Å²) in [6, 6.07) is 20.5. The standard InChI is InChI=1S/C26H26BrN3O4/c1-18-3-5-19(6-4-18)17-34-24-12-7-20(15-23(24)27)16-29-30-25(31)13-14-28-26(32)21-8-10-22(33-2)11-9-21/h3-12,15-16H,13-14,17H2,1-2H3,(H,28,32)(H,30,31). The first kappa shape index (κ1) is 25.0. The van der Waals surface area contributed by atoms with Crippen molar-refractivity contribution in [3.05, 3.63) is 93.5 Å². The molecule has 0 atom stereocenters. The fraction of sp³-hybridized carbons (Fsp3) is 0.192. The first-order chi connectivity index (χ1) is 16.4. The molecule has 0 unspecified atom stereocenters. The van der Waals surface area contributed by atoms with E-state index in [2.05, 4.69) is 43.9 Å². The van der Waals surface area contributed by atoms with Gasteiger partial charge < -0.3 is 14.8 Å². The first-order valence-electron chi connectivity index (χ1n) is 10.7. The number of nitrogens with one attached hydrogen (secondary N) is 2. The predicted molar refractivity (Wildman–Crippen MR) is 135 cm³/mol. The number of carbonyl (C=O) groups excluding carboxylic acids is 2. The molecule has 3 aromatic rings. The summed E-state index contributed by atoms with van der Waals surface area (Å²) in [5.41, 5.74) is 6.05. The van der Waals surface area contributed by atoms with E-state index in [9.17, 15) is 9.59 Å². The van der Waals surface area contributed by atoms with E-state index in [1.807, 2.05) is 37.3 Å². The van der Waals surface area contributed by atoms with Crippen molar-refractivity contribution in [3.63, 3.8) is 0 Å². The number of hydrogen-bond acceptors (Lipinski definition) is 5. The fourth-order valence-corrected chi connectivity index (χ4v) is 3.44. The molecule has 0 aliphatic carbocycles. The Morgan fingerprint density at radius 1 is 1.03 bits per heavy atom. The molecule has 8 heteroatoms. The molecule has 7 nitrogen and oxygen atoms in total. The minimum Gasteiger partial charge on any atom is -0.497 e. The average molecular weight is 524 g/mol. The molecular weight excluding hydrogens is 498 g/mol. The number of halogens is 1. The Morgan fingerprint density at radius 2 is 1.76 bits per heavy atom. The maximum absolute atomic E-state index is 12.1. The number of nitrogens with zero attached hydrogens (tertiary/aromatic N) is 1. The number of rotatable bonds is 10. The van der Waals surface area contributed by atoms with Crippen LogP contribution in [0.3, 0.4) is 0 Å². The van der Waals surface area contributed by atoms with Crippen LogP contribution in [0, 0.1) is 6.92 Å². The lowest BCUT2D eigenvalue weighted by Crippen LogP contribution is -2.29. The van der Waals surface area contributed by atoms with Gasteiger partial charge in [0.1, 0.15) is 18.1 Å². The second kappa shape index (κ2) is 12.6. The van der Waals surface area contributed by atoms with Crippen molar-refractivity contribution < 1.29 is 19.1 Å². The number of amides is 2.